The van der Waals surface area contributed by atoms with Crippen molar-refractivity contribution < 1.29 is 4.79 Å². The third-order valence-corrected chi connectivity index (χ3v) is 4.82. The van der Waals surface area contributed by atoms with Gasteiger partial charge in [0.15, 0.2) is 0 Å². The first-order valence-corrected chi connectivity index (χ1v) is 5.61. The van der Waals surface area contributed by atoms with Crippen molar-refractivity contribution in [1.29, 1.82) is 0 Å². The molecule has 0 amide bonds. The molecule has 1 heteroatoms. The summed E-state index contributed by atoms with van der Waals surface area (Å²) in [5.74, 6) is 3.46. The van der Waals surface area contributed by atoms with Crippen LogP contribution in [0.25, 0.3) is 0 Å². The van der Waals surface area contributed by atoms with Gasteiger partial charge < -0.3 is 0 Å². The van der Waals surface area contributed by atoms with Gasteiger partial charge in [-0.1, -0.05) is 11.1 Å². The summed E-state index contributed by atoms with van der Waals surface area (Å²) in [6.45, 7) is 0. The average Bonchev–Trinajstić information content (AvgIpc) is 2.78. The van der Waals surface area contributed by atoms with Gasteiger partial charge in [0.1, 0.15) is 5.78 Å². The van der Waals surface area contributed by atoms with Gasteiger partial charge in [0.05, 0.1) is 0 Å². The Bertz CT molecular complexity index is 339. The van der Waals surface area contributed by atoms with Crippen molar-refractivity contribution in [3.8, 4) is 0 Å². The van der Waals surface area contributed by atoms with Crippen molar-refractivity contribution in [1.82, 2.24) is 0 Å². The number of carbonyl (C=O) groups excluding carboxylic acids is 1. The highest BCUT2D eigenvalue weighted by atomic mass is 16.1. The topological polar surface area (TPSA) is 17.1 Å². The Morgan fingerprint density at radius 2 is 1.69 bits per heavy atom. The maximum atomic E-state index is 11.6. The zero-order chi connectivity index (χ0) is 8.58. The van der Waals surface area contributed by atoms with Crippen molar-refractivity contribution in [2.24, 2.45) is 23.7 Å². The molecule has 2 saturated carbocycles. The van der Waals surface area contributed by atoms with E-state index in [1.807, 2.05) is 0 Å². The van der Waals surface area contributed by atoms with Crippen LogP contribution in [0.5, 0.6) is 0 Å². The van der Waals surface area contributed by atoms with Crippen molar-refractivity contribution in [2.45, 2.75) is 32.1 Å². The van der Waals surface area contributed by atoms with E-state index in [1.165, 1.54) is 25.7 Å². The van der Waals surface area contributed by atoms with E-state index in [-0.39, 0.29) is 0 Å². The molecular formula is C12H14O. The van der Waals surface area contributed by atoms with E-state index < -0.39 is 0 Å². The number of hydrogen-bond donors (Lipinski definition) is 0. The van der Waals surface area contributed by atoms with Crippen LogP contribution in [0, 0.1) is 23.7 Å². The Labute approximate surface area is 78.2 Å². The molecule has 1 nitrogen and oxygen atoms in total. The fraction of sp³-hybridized carbons (Fsp3) is 0.750. The number of Topliss-reactive ketones (excluding diaryl/α,β-unsaturated/α-hetero) is 1. The number of ketones is 1. The van der Waals surface area contributed by atoms with Gasteiger partial charge in [0, 0.05) is 12.3 Å². The van der Waals surface area contributed by atoms with Gasteiger partial charge in [-0.2, -0.15) is 0 Å². The Kier molecular flexibility index (Phi) is 1.00. The molecule has 0 radical (unpaired) electrons. The number of fused-ring (bicyclic) bond motifs is 8. The van der Waals surface area contributed by atoms with Gasteiger partial charge in [-0.3, -0.25) is 4.79 Å². The van der Waals surface area contributed by atoms with Crippen LogP contribution < -0.4 is 0 Å². The lowest BCUT2D eigenvalue weighted by Crippen LogP contribution is -2.17. The number of allylic oxidation sites excluding steroid dienone is 2. The van der Waals surface area contributed by atoms with Crippen LogP contribution in [0.4, 0.5) is 0 Å². The van der Waals surface area contributed by atoms with Crippen LogP contribution in [0.15, 0.2) is 11.1 Å². The number of hydrogen-bond acceptors (Lipinski definition) is 1. The molecule has 68 valence electrons. The molecule has 4 bridgehead atoms. The summed E-state index contributed by atoms with van der Waals surface area (Å²) in [5, 5.41) is 0. The summed E-state index contributed by atoms with van der Waals surface area (Å²) in [6.07, 6.45) is 6.33. The predicted molar refractivity (Wildman–Crippen MR) is 49.1 cm³/mol. The van der Waals surface area contributed by atoms with Crippen LogP contribution in [0.3, 0.4) is 0 Å². The van der Waals surface area contributed by atoms with Gasteiger partial charge in [-0.05, 0) is 43.4 Å². The lowest BCUT2D eigenvalue weighted by Gasteiger charge is -2.22. The van der Waals surface area contributed by atoms with E-state index in [4.69, 9.17) is 0 Å². The van der Waals surface area contributed by atoms with E-state index in [0.717, 1.165) is 18.3 Å². The molecule has 0 aromatic rings. The Morgan fingerprint density at radius 3 is 2.54 bits per heavy atom. The molecule has 4 rings (SSSR count). The largest absolute Gasteiger partial charge is 0.299 e. The van der Waals surface area contributed by atoms with Crippen LogP contribution in [-0.2, 0) is 4.79 Å². The first-order valence-electron chi connectivity index (χ1n) is 5.61. The minimum atomic E-state index is 0.412. The molecule has 0 aromatic carbocycles. The van der Waals surface area contributed by atoms with Gasteiger partial charge in [-0.15, -0.1) is 0 Å². The van der Waals surface area contributed by atoms with Gasteiger partial charge >= 0.3 is 0 Å². The second-order valence-corrected chi connectivity index (χ2v) is 5.27. The van der Waals surface area contributed by atoms with E-state index in [2.05, 4.69) is 0 Å². The second-order valence-electron chi connectivity index (χ2n) is 5.27. The summed E-state index contributed by atoms with van der Waals surface area (Å²) in [5.41, 5.74) is 3.43. The van der Waals surface area contributed by atoms with Gasteiger partial charge in [0.2, 0.25) is 0 Å². The monoisotopic (exact) mass is 174 g/mol. The minimum Gasteiger partial charge on any atom is -0.299 e. The predicted octanol–water partition coefficient (Wildman–Crippen LogP) is 2.32. The van der Waals surface area contributed by atoms with Crippen LogP contribution in [-0.4, -0.2) is 5.78 Å². The SMILES string of the molecule is O=C1C[C@@H]2C[C@H]1C1=C2[C@H]2CC[C@@H]1C2. The lowest BCUT2D eigenvalue weighted by molar-refractivity contribution is -0.120. The summed E-state index contributed by atoms with van der Waals surface area (Å²) in [4.78, 5) is 11.6. The summed E-state index contributed by atoms with van der Waals surface area (Å²) in [7, 11) is 0. The quantitative estimate of drug-likeness (QED) is 0.407. The fourth-order valence-electron chi connectivity index (χ4n) is 4.49. The zero-order valence-electron chi connectivity index (χ0n) is 7.75. The molecule has 0 saturated heterocycles. The molecule has 4 atom stereocenters. The fourth-order valence-corrected chi connectivity index (χ4v) is 4.49. The molecule has 0 heterocycles. The number of rotatable bonds is 0. The third kappa shape index (κ3) is 0.619. The lowest BCUT2D eigenvalue weighted by atomic mass is 9.82. The first kappa shape index (κ1) is 6.80. The summed E-state index contributed by atoms with van der Waals surface area (Å²) in [6, 6.07) is 0. The number of carbonyl (C=O) groups is 1. The van der Waals surface area contributed by atoms with Crippen LogP contribution in [0.1, 0.15) is 32.1 Å². The smallest absolute Gasteiger partial charge is 0.140 e. The van der Waals surface area contributed by atoms with E-state index in [0.29, 0.717) is 17.6 Å². The second kappa shape index (κ2) is 1.92. The highest BCUT2D eigenvalue weighted by molar-refractivity contribution is 5.89. The molecule has 0 spiro atoms. The molecule has 4 aliphatic carbocycles. The van der Waals surface area contributed by atoms with Gasteiger partial charge in [-0.25, -0.2) is 0 Å². The van der Waals surface area contributed by atoms with Crippen LogP contribution >= 0.6 is 0 Å². The summed E-state index contributed by atoms with van der Waals surface area (Å²) < 4.78 is 0. The molecule has 13 heavy (non-hydrogen) atoms. The van der Waals surface area contributed by atoms with E-state index in [1.54, 1.807) is 11.1 Å². The van der Waals surface area contributed by atoms with Crippen molar-refractivity contribution in [3.05, 3.63) is 11.1 Å². The summed E-state index contributed by atoms with van der Waals surface area (Å²) >= 11 is 0. The average molecular weight is 174 g/mol. The molecule has 2 fully saturated rings. The van der Waals surface area contributed by atoms with E-state index >= 15 is 0 Å². The Hall–Kier alpha value is -0.590. The maximum absolute atomic E-state index is 11.6. The Morgan fingerprint density at radius 1 is 0.923 bits per heavy atom. The molecule has 4 aliphatic rings. The highest BCUT2D eigenvalue weighted by Gasteiger charge is 2.54. The molecular weight excluding hydrogens is 160 g/mol. The normalized spacial score (nSPS) is 50.9. The van der Waals surface area contributed by atoms with Crippen LogP contribution in [0.2, 0.25) is 0 Å². The molecule has 0 aliphatic heterocycles. The Balaban J connectivity index is 1.90. The van der Waals surface area contributed by atoms with Crippen molar-refractivity contribution in [2.75, 3.05) is 0 Å². The highest BCUT2D eigenvalue weighted by Crippen LogP contribution is 2.62. The third-order valence-electron chi connectivity index (χ3n) is 4.82. The van der Waals surface area contributed by atoms with Crippen molar-refractivity contribution >= 4 is 5.78 Å². The standard InChI is InChI=1S/C12H14O/c13-10-5-8-4-9(10)12-7-2-1-6(3-7)11(8)12/h6-9H,1-5H2/t6-,7+,8-,9+/m0/s1. The maximum Gasteiger partial charge on any atom is 0.140 e. The first-order chi connectivity index (χ1) is 6.34. The molecule has 0 N–H and O–H groups in total. The van der Waals surface area contributed by atoms with Crippen molar-refractivity contribution in [3.63, 3.8) is 0 Å². The molecule has 0 aromatic heterocycles. The molecule has 0 unspecified atom stereocenters. The zero-order valence-corrected chi connectivity index (χ0v) is 7.75. The minimum absolute atomic E-state index is 0.412. The van der Waals surface area contributed by atoms with E-state index in [9.17, 15) is 4.79 Å². The van der Waals surface area contributed by atoms with Gasteiger partial charge in [0.25, 0.3) is 0 Å².